The number of benzene rings is 1. The molecule has 21 heavy (non-hydrogen) atoms. The molecule has 0 N–H and O–H groups in total. The molecule has 1 aromatic rings. The Labute approximate surface area is 126 Å². The first kappa shape index (κ1) is 15.5. The minimum absolute atomic E-state index is 0.0138. The molecule has 0 fully saturated rings. The van der Waals surface area contributed by atoms with Gasteiger partial charge in [0.15, 0.2) is 0 Å². The van der Waals surface area contributed by atoms with Crippen molar-refractivity contribution in [3.63, 3.8) is 0 Å². The molecule has 4 nitrogen and oxygen atoms in total. The van der Waals surface area contributed by atoms with E-state index >= 15 is 0 Å². The van der Waals surface area contributed by atoms with E-state index in [1.165, 1.54) is 0 Å². The molecular formula is C17H23NO3. The molecule has 0 aliphatic carbocycles. The first-order valence-corrected chi connectivity index (χ1v) is 7.55. The van der Waals surface area contributed by atoms with Crippen LogP contribution in [0.1, 0.15) is 52.0 Å². The lowest BCUT2D eigenvalue weighted by Crippen LogP contribution is -2.38. The van der Waals surface area contributed by atoms with Crippen LogP contribution in [0.25, 0.3) is 0 Å². The fraction of sp³-hybridized carbons (Fsp3) is 0.529. The summed E-state index contributed by atoms with van der Waals surface area (Å²) in [6.07, 6.45) is 3.47. The third kappa shape index (κ3) is 3.84. The van der Waals surface area contributed by atoms with Crippen molar-refractivity contribution >= 4 is 11.7 Å². The summed E-state index contributed by atoms with van der Waals surface area (Å²) >= 11 is 0. The maximum atomic E-state index is 11.5. The highest BCUT2D eigenvalue weighted by Crippen LogP contribution is 2.35. The van der Waals surface area contributed by atoms with Crippen LogP contribution in [-0.4, -0.2) is 17.5 Å². The van der Waals surface area contributed by atoms with E-state index in [1.54, 1.807) is 6.92 Å². The second-order valence-electron chi connectivity index (χ2n) is 5.72. The summed E-state index contributed by atoms with van der Waals surface area (Å²) in [5.74, 6) is -0.202. The van der Waals surface area contributed by atoms with Gasteiger partial charge < -0.3 is 14.4 Å². The topological polar surface area (TPSA) is 47.9 Å². The molecule has 0 bridgehead atoms. The van der Waals surface area contributed by atoms with Gasteiger partial charge in [-0.25, -0.2) is 0 Å². The van der Waals surface area contributed by atoms with E-state index in [0.717, 1.165) is 24.8 Å². The maximum absolute atomic E-state index is 11.5. The minimum atomic E-state index is -0.855. The Kier molecular flexibility index (Phi) is 4.99. The van der Waals surface area contributed by atoms with Crippen LogP contribution in [0.2, 0.25) is 0 Å². The number of ether oxygens (including phenoxy) is 1. The Morgan fingerprint density at radius 1 is 1.33 bits per heavy atom. The number of nitrogens with zero attached hydrogens (tertiary/aromatic N) is 1. The monoisotopic (exact) mass is 289 g/mol. The van der Waals surface area contributed by atoms with E-state index in [1.807, 2.05) is 37.3 Å². The Bertz CT molecular complexity index is 512. The van der Waals surface area contributed by atoms with Crippen LogP contribution in [0.4, 0.5) is 0 Å². The van der Waals surface area contributed by atoms with Gasteiger partial charge in [0.1, 0.15) is 5.78 Å². The SMILES string of the molecule is CCCCC(CC(C)=O)C1(C)ON=C(c2ccccc2)O1. The van der Waals surface area contributed by atoms with Gasteiger partial charge in [-0.05, 0) is 30.6 Å². The molecule has 2 unspecified atom stereocenters. The molecule has 1 heterocycles. The highest BCUT2D eigenvalue weighted by molar-refractivity contribution is 5.94. The van der Waals surface area contributed by atoms with E-state index in [-0.39, 0.29) is 11.7 Å². The lowest BCUT2D eigenvalue weighted by Gasteiger charge is -2.30. The Balaban J connectivity index is 2.10. The lowest BCUT2D eigenvalue weighted by molar-refractivity contribution is -0.187. The van der Waals surface area contributed by atoms with Gasteiger partial charge in [-0.2, -0.15) is 0 Å². The van der Waals surface area contributed by atoms with Crippen LogP contribution in [0, 0.1) is 5.92 Å². The van der Waals surface area contributed by atoms with Gasteiger partial charge in [0.05, 0.1) is 0 Å². The van der Waals surface area contributed by atoms with E-state index in [4.69, 9.17) is 9.57 Å². The van der Waals surface area contributed by atoms with Gasteiger partial charge in [-0.1, -0.05) is 38.0 Å². The molecule has 0 saturated carbocycles. The average molecular weight is 289 g/mol. The van der Waals surface area contributed by atoms with Crippen molar-refractivity contribution in [2.24, 2.45) is 11.1 Å². The van der Waals surface area contributed by atoms with Gasteiger partial charge in [-0.3, -0.25) is 0 Å². The predicted octanol–water partition coefficient (Wildman–Crippen LogP) is 3.90. The smallest absolute Gasteiger partial charge is 0.277 e. The van der Waals surface area contributed by atoms with Gasteiger partial charge in [0.2, 0.25) is 0 Å². The molecule has 0 saturated heterocycles. The molecule has 1 aliphatic heterocycles. The van der Waals surface area contributed by atoms with E-state index in [0.29, 0.717) is 12.3 Å². The number of hydrogen-bond acceptors (Lipinski definition) is 4. The third-order valence-electron chi connectivity index (χ3n) is 3.81. The van der Waals surface area contributed by atoms with Crippen molar-refractivity contribution in [1.29, 1.82) is 0 Å². The predicted molar refractivity (Wildman–Crippen MR) is 81.9 cm³/mol. The van der Waals surface area contributed by atoms with Gasteiger partial charge in [0.25, 0.3) is 11.7 Å². The van der Waals surface area contributed by atoms with Crippen molar-refractivity contribution in [3.05, 3.63) is 35.9 Å². The Morgan fingerprint density at radius 2 is 2.05 bits per heavy atom. The molecule has 0 amide bonds. The summed E-state index contributed by atoms with van der Waals surface area (Å²) in [6.45, 7) is 5.61. The van der Waals surface area contributed by atoms with Crippen molar-refractivity contribution in [1.82, 2.24) is 0 Å². The number of hydrogen-bond donors (Lipinski definition) is 0. The normalized spacial score (nSPS) is 22.1. The zero-order valence-corrected chi connectivity index (χ0v) is 13.0. The Hall–Kier alpha value is -1.84. The maximum Gasteiger partial charge on any atom is 0.277 e. The standard InChI is InChI=1S/C17H23NO3/c1-4-5-11-15(12-13(2)19)17(3)20-16(18-21-17)14-9-7-6-8-10-14/h6-10,15H,4-5,11-12H2,1-3H3. The molecule has 2 rings (SSSR count). The van der Waals surface area contributed by atoms with Crippen LogP contribution in [-0.2, 0) is 14.4 Å². The number of carbonyl (C=O) groups is 1. The summed E-state index contributed by atoms with van der Waals surface area (Å²) in [7, 11) is 0. The van der Waals surface area contributed by atoms with E-state index in [9.17, 15) is 4.79 Å². The fourth-order valence-electron chi connectivity index (χ4n) is 2.56. The molecule has 4 heteroatoms. The largest absolute Gasteiger partial charge is 0.430 e. The highest BCUT2D eigenvalue weighted by Gasteiger charge is 2.44. The zero-order chi connectivity index (χ0) is 15.3. The molecule has 0 spiro atoms. The van der Waals surface area contributed by atoms with Crippen molar-refractivity contribution < 1.29 is 14.4 Å². The molecular weight excluding hydrogens is 266 g/mol. The van der Waals surface area contributed by atoms with Gasteiger partial charge >= 0.3 is 0 Å². The van der Waals surface area contributed by atoms with Crippen LogP contribution in [0.5, 0.6) is 0 Å². The van der Waals surface area contributed by atoms with Gasteiger partial charge in [0, 0.05) is 24.8 Å². The third-order valence-corrected chi connectivity index (χ3v) is 3.81. The van der Waals surface area contributed by atoms with Crippen molar-refractivity contribution in [2.75, 3.05) is 0 Å². The molecule has 1 aromatic carbocycles. The van der Waals surface area contributed by atoms with Gasteiger partial charge in [-0.15, -0.1) is 0 Å². The number of Topliss-reactive ketones (excluding diaryl/α,β-unsaturated/α-hetero) is 1. The zero-order valence-electron chi connectivity index (χ0n) is 13.0. The van der Waals surface area contributed by atoms with E-state index in [2.05, 4.69) is 12.1 Å². The minimum Gasteiger partial charge on any atom is -0.430 e. The second kappa shape index (κ2) is 6.74. The molecule has 0 aromatic heterocycles. The summed E-state index contributed by atoms with van der Waals surface area (Å²) in [5, 5.41) is 4.08. The summed E-state index contributed by atoms with van der Waals surface area (Å²) in [4.78, 5) is 17.1. The second-order valence-corrected chi connectivity index (χ2v) is 5.72. The quantitative estimate of drug-likeness (QED) is 0.765. The molecule has 0 radical (unpaired) electrons. The van der Waals surface area contributed by atoms with Crippen LogP contribution >= 0.6 is 0 Å². The van der Waals surface area contributed by atoms with Crippen molar-refractivity contribution in [3.8, 4) is 0 Å². The number of oxime groups is 1. The summed E-state index contributed by atoms with van der Waals surface area (Å²) in [5.41, 5.74) is 0.887. The molecule has 1 aliphatic rings. The average Bonchev–Trinajstić information content (AvgIpc) is 2.88. The Morgan fingerprint density at radius 3 is 2.67 bits per heavy atom. The van der Waals surface area contributed by atoms with E-state index < -0.39 is 5.79 Å². The summed E-state index contributed by atoms with van der Waals surface area (Å²) < 4.78 is 5.97. The number of rotatable bonds is 7. The first-order valence-electron chi connectivity index (χ1n) is 7.55. The fourth-order valence-corrected chi connectivity index (χ4v) is 2.56. The first-order chi connectivity index (χ1) is 10.0. The van der Waals surface area contributed by atoms with Crippen LogP contribution in [0.15, 0.2) is 35.5 Å². The highest BCUT2D eigenvalue weighted by atomic mass is 16.8. The number of unbranched alkanes of at least 4 members (excludes halogenated alkanes) is 1. The number of carbonyl (C=O) groups excluding carboxylic acids is 1. The summed E-state index contributed by atoms with van der Waals surface area (Å²) in [6, 6.07) is 9.67. The number of ketones is 1. The molecule has 2 atom stereocenters. The lowest BCUT2D eigenvalue weighted by atomic mass is 9.89. The van der Waals surface area contributed by atoms with Crippen LogP contribution < -0.4 is 0 Å². The van der Waals surface area contributed by atoms with Crippen LogP contribution in [0.3, 0.4) is 0 Å². The van der Waals surface area contributed by atoms with Crippen molar-refractivity contribution in [2.45, 2.75) is 52.2 Å². The molecule has 114 valence electrons.